The van der Waals surface area contributed by atoms with E-state index in [-0.39, 0.29) is 5.54 Å². The summed E-state index contributed by atoms with van der Waals surface area (Å²) in [5.74, 6) is 0. The lowest BCUT2D eigenvalue weighted by Crippen LogP contribution is -2.41. The second-order valence-electron chi connectivity index (χ2n) is 10.1. The van der Waals surface area contributed by atoms with E-state index in [1.54, 1.807) is 0 Å². The summed E-state index contributed by atoms with van der Waals surface area (Å²) in [5, 5.41) is 7.50. The van der Waals surface area contributed by atoms with E-state index < -0.39 is 0 Å². The summed E-state index contributed by atoms with van der Waals surface area (Å²) in [7, 11) is 0. The fraction of sp³-hybridized carbons (Fsp3) is 0.0556. The Kier molecular flexibility index (Phi) is 5.75. The van der Waals surface area contributed by atoms with E-state index in [1.807, 2.05) is 0 Å². The molecule has 1 unspecified atom stereocenters. The topological polar surface area (TPSA) is 31.1 Å². The van der Waals surface area contributed by atoms with Crippen molar-refractivity contribution in [3.8, 4) is 0 Å². The zero-order valence-electron chi connectivity index (χ0n) is 21.6. The fourth-order valence-electron chi connectivity index (χ4n) is 5.72. The SMILES string of the molecule is C1=c2[nH]c3ccc(N(c4ccccc4)c4ccccc4)cc3c2=CC(Nc2ccccc2)(c2ccccc2)C1. The van der Waals surface area contributed by atoms with Gasteiger partial charge in [0, 0.05) is 44.2 Å². The molecule has 1 aliphatic carbocycles. The lowest BCUT2D eigenvalue weighted by molar-refractivity contribution is 0.672. The van der Waals surface area contributed by atoms with Crippen molar-refractivity contribution in [2.24, 2.45) is 0 Å². The maximum atomic E-state index is 3.88. The Morgan fingerprint density at radius 1 is 0.615 bits per heavy atom. The number of rotatable bonds is 6. The monoisotopic (exact) mass is 503 g/mol. The number of nitrogens with one attached hydrogen (secondary N) is 2. The molecule has 7 rings (SSSR count). The van der Waals surface area contributed by atoms with Crippen molar-refractivity contribution < 1.29 is 0 Å². The average molecular weight is 504 g/mol. The summed E-state index contributed by atoms with van der Waals surface area (Å²) in [5.41, 5.74) is 6.52. The number of H-pyrrole nitrogens is 1. The van der Waals surface area contributed by atoms with Crippen LogP contribution in [0.2, 0.25) is 0 Å². The number of benzene rings is 5. The van der Waals surface area contributed by atoms with E-state index >= 15 is 0 Å². The molecule has 0 saturated carbocycles. The second kappa shape index (κ2) is 9.70. The van der Waals surface area contributed by atoms with Crippen LogP contribution in [0, 0.1) is 0 Å². The number of aromatic amines is 1. The Bertz CT molecular complexity index is 1800. The third-order valence-electron chi connectivity index (χ3n) is 7.59. The largest absolute Gasteiger partial charge is 0.372 e. The maximum Gasteiger partial charge on any atom is 0.0854 e. The molecule has 1 atom stereocenters. The van der Waals surface area contributed by atoms with Crippen LogP contribution in [-0.2, 0) is 5.54 Å². The average Bonchev–Trinajstić information content (AvgIpc) is 3.36. The van der Waals surface area contributed by atoms with Gasteiger partial charge in [-0.05, 0) is 72.7 Å². The Balaban J connectivity index is 1.43. The predicted molar refractivity (Wildman–Crippen MR) is 164 cm³/mol. The zero-order chi connectivity index (χ0) is 26.1. The van der Waals surface area contributed by atoms with Crippen molar-refractivity contribution in [1.29, 1.82) is 0 Å². The van der Waals surface area contributed by atoms with E-state index in [0.29, 0.717) is 0 Å². The van der Waals surface area contributed by atoms with Gasteiger partial charge in [-0.2, -0.15) is 0 Å². The minimum absolute atomic E-state index is 0.362. The molecule has 0 amide bonds. The summed E-state index contributed by atoms with van der Waals surface area (Å²) in [6.45, 7) is 0. The second-order valence-corrected chi connectivity index (χ2v) is 10.1. The predicted octanol–water partition coefficient (Wildman–Crippen LogP) is 7.61. The first kappa shape index (κ1) is 23.1. The highest BCUT2D eigenvalue weighted by Crippen LogP contribution is 2.36. The summed E-state index contributed by atoms with van der Waals surface area (Å²) in [6, 6.07) is 49.1. The van der Waals surface area contributed by atoms with Crippen LogP contribution in [0.5, 0.6) is 0 Å². The van der Waals surface area contributed by atoms with Crippen molar-refractivity contribution in [1.82, 2.24) is 4.98 Å². The molecular weight excluding hydrogens is 474 g/mol. The Morgan fingerprint density at radius 3 is 1.85 bits per heavy atom. The van der Waals surface area contributed by atoms with E-state index in [1.165, 1.54) is 21.5 Å². The molecule has 2 N–H and O–H groups in total. The fourth-order valence-corrected chi connectivity index (χ4v) is 5.72. The molecule has 3 heteroatoms. The van der Waals surface area contributed by atoms with Gasteiger partial charge in [0.05, 0.1) is 5.54 Å². The van der Waals surface area contributed by atoms with Crippen LogP contribution >= 0.6 is 0 Å². The van der Waals surface area contributed by atoms with Gasteiger partial charge in [-0.1, -0.05) is 91.0 Å². The van der Waals surface area contributed by atoms with Gasteiger partial charge in [-0.25, -0.2) is 0 Å². The first-order chi connectivity index (χ1) is 19.3. The van der Waals surface area contributed by atoms with Crippen molar-refractivity contribution in [2.45, 2.75) is 12.0 Å². The van der Waals surface area contributed by atoms with Crippen LogP contribution < -0.4 is 20.8 Å². The normalized spacial score (nSPS) is 16.1. The molecule has 0 bridgehead atoms. The number of hydrogen-bond acceptors (Lipinski definition) is 2. The molecule has 6 aromatic rings. The highest BCUT2D eigenvalue weighted by molar-refractivity contribution is 5.89. The van der Waals surface area contributed by atoms with Gasteiger partial charge in [0.25, 0.3) is 0 Å². The number of hydrogen-bond donors (Lipinski definition) is 2. The van der Waals surface area contributed by atoms with Gasteiger partial charge in [0.2, 0.25) is 0 Å². The number of para-hydroxylation sites is 3. The van der Waals surface area contributed by atoms with Crippen molar-refractivity contribution in [3.63, 3.8) is 0 Å². The molecule has 0 fully saturated rings. The zero-order valence-corrected chi connectivity index (χ0v) is 21.6. The number of aromatic nitrogens is 1. The van der Waals surface area contributed by atoms with Gasteiger partial charge < -0.3 is 15.2 Å². The first-order valence-electron chi connectivity index (χ1n) is 13.4. The summed E-state index contributed by atoms with van der Waals surface area (Å²) in [6.07, 6.45) is 5.60. The van der Waals surface area contributed by atoms with E-state index in [9.17, 15) is 0 Å². The Morgan fingerprint density at radius 2 is 1.21 bits per heavy atom. The highest BCUT2D eigenvalue weighted by atomic mass is 15.1. The number of nitrogens with zero attached hydrogens (tertiary/aromatic N) is 1. The third kappa shape index (κ3) is 4.28. The van der Waals surface area contributed by atoms with Crippen LogP contribution in [-0.4, -0.2) is 4.98 Å². The molecule has 0 radical (unpaired) electrons. The lowest BCUT2D eigenvalue weighted by atomic mass is 9.83. The molecule has 39 heavy (non-hydrogen) atoms. The number of anilines is 4. The molecule has 1 aromatic heterocycles. The van der Waals surface area contributed by atoms with Crippen molar-refractivity contribution >= 4 is 45.8 Å². The molecular formula is C36H29N3. The maximum absolute atomic E-state index is 3.88. The lowest BCUT2D eigenvalue weighted by Gasteiger charge is -2.34. The molecule has 0 saturated heterocycles. The van der Waals surface area contributed by atoms with Crippen LogP contribution in [0.1, 0.15) is 12.0 Å². The van der Waals surface area contributed by atoms with Gasteiger partial charge in [-0.3, -0.25) is 0 Å². The van der Waals surface area contributed by atoms with E-state index in [0.717, 1.165) is 34.7 Å². The third-order valence-corrected chi connectivity index (χ3v) is 7.59. The van der Waals surface area contributed by atoms with Crippen LogP contribution in [0.25, 0.3) is 23.1 Å². The molecule has 0 aliphatic heterocycles. The standard InChI is InChI=1S/C36H29N3/c1-5-13-27(14-6-1)36(38-28-15-7-2-8-16-28)24-23-35-33(26-36)32-25-31(21-22-34(32)37-35)39(29-17-9-3-10-18-29)30-19-11-4-12-20-30/h1-23,25-26,37-38H,24H2. The van der Waals surface area contributed by atoms with Gasteiger partial charge in [0.15, 0.2) is 0 Å². The molecule has 0 spiro atoms. The van der Waals surface area contributed by atoms with E-state index in [4.69, 9.17) is 0 Å². The molecule has 1 heterocycles. The van der Waals surface area contributed by atoms with Crippen LogP contribution in [0.4, 0.5) is 22.7 Å². The van der Waals surface area contributed by atoms with Gasteiger partial charge >= 0.3 is 0 Å². The van der Waals surface area contributed by atoms with Crippen LogP contribution in [0.15, 0.2) is 140 Å². The first-order valence-corrected chi connectivity index (χ1v) is 13.4. The van der Waals surface area contributed by atoms with Gasteiger partial charge in [0.1, 0.15) is 0 Å². The minimum atomic E-state index is -0.362. The number of fused-ring (bicyclic) bond motifs is 3. The Labute approximate surface area is 228 Å². The summed E-state index contributed by atoms with van der Waals surface area (Å²) >= 11 is 0. The highest BCUT2D eigenvalue weighted by Gasteiger charge is 2.31. The Hall–Kier alpha value is -5.02. The van der Waals surface area contributed by atoms with Gasteiger partial charge in [-0.15, -0.1) is 0 Å². The molecule has 5 aromatic carbocycles. The van der Waals surface area contributed by atoms with Crippen molar-refractivity contribution in [3.05, 3.63) is 156 Å². The molecule has 188 valence electrons. The van der Waals surface area contributed by atoms with Crippen LogP contribution in [0.3, 0.4) is 0 Å². The molecule has 3 nitrogen and oxygen atoms in total. The minimum Gasteiger partial charge on any atom is -0.372 e. The van der Waals surface area contributed by atoms with Crippen molar-refractivity contribution in [2.75, 3.05) is 10.2 Å². The van der Waals surface area contributed by atoms with E-state index in [2.05, 4.69) is 167 Å². The summed E-state index contributed by atoms with van der Waals surface area (Å²) in [4.78, 5) is 6.00. The molecule has 1 aliphatic rings. The quantitative estimate of drug-likeness (QED) is 0.245. The smallest absolute Gasteiger partial charge is 0.0854 e. The summed E-state index contributed by atoms with van der Waals surface area (Å²) < 4.78 is 0.